The van der Waals surface area contributed by atoms with E-state index in [-0.39, 0.29) is 29.9 Å². The van der Waals surface area contributed by atoms with E-state index in [1.165, 1.54) is 17.7 Å². The van der Waals surface area contributed by atoms with Crippen molar-refractivity contribution in [1.29, 1.82) is 0 Å². The Morgan fingerprint density at radius 3 is 2.47 bits per heavy atom. The van der Waals surface area contributed by atoms with Crippen molar-refractivity contribution >= 4 is 24.0 Å². The van der Waals surface area contributed by atoms with Gasteiger partial charge < -0.3 is 10.6 Å². The van der Waals surface area contributed by atoms with Crippen LogP contribution in [-0.4, -0.2) is 40.2 Å². The van der Waals surface area contributed by atoms with E-state index in [1.54, 1.807) is 23.0 Å². The zero-order valence-electron chi connectivity index (χ0n) is 17.6. The van der Waals surface area contributed by atoms with Crippen molar-refractivity contribution in [3.63, 3.8) is 0 Å². The van der Waals surface area contributed by atoms with E-state index in [9.17, 15) is 14.9 Å². The van der Waals surface area contributed by atoms with Crippen LogP contribution in [0.4, 0.5) is 5.69 Å². The van der Waals surface area contributed by atoms with Gasteiger partial charge in [-0.1, -0.05) is 30.3 Å². The predicted molar refractivity (Wildman–Crippen MR) is 125 cm³/mol. The number of carbonyl (C=O) groups excluding carboxylic acids is 1. The first-order chi connectivity index (χ1) is 15.1. The number of nitro benzene ring substituents is 1. The van der Waals surface area contributed by atoms with Gasteiger partial charge in [-0.3, -0.25) is 14.9 Å². The van der Waals surface area contributed by atoms with Crippen molar-refractivity contribution < 1.29 is 9.72 Å². The maximum absolute atomic E-state index is 13.0. The lowest BCUT2D eigenvalue weighted by molar-refractivity contribution is -0.384. The van der Waals surface area contributed by atoms with E-state index in [0.717, 1.165) is 38.0 Å². The monoisotopic (exact) mass is 455 g/mol. The molecule has 1 aliphatic rings. The van der Waals surface area contributed by atoms with Gasteiger partial charge in [0.05, 0.1) is 28.1 Å². The molecule has 0 spiro atoms. The summed E-state index contributed by atoms with van der Waals surface area (Å²) < 4.78 is 1.76. The summed E-state index contributed by atoms with van der Waals surface area (Å²) in [6.45, 7) is 2.30. The SMILES string of the molecule is Cl.O=C(NCCc1ccccc1)c1cnn(-c2ccc([N+](=O)[O-])cc2)c1C1CCNCC1. The van der Waals surface area contributed by atoms with Gasteiger partial charge in [0, 0.05) is 24.6 Å². The molecular weight excluding hydrogens is 430 g/mol. The van der Waals surface area contributed by atoms with Gasteiger partial charge in [0.15, 0.2) is 0 Å². The number of non-ortho nitro benzene ring substituents is 1. The molecule has 9 heteroatoms. The summed E-state index contributed by atoms with van der Waals surface area (Å²) in [4.78, 5) is 23.6. The molecule has 1 amide bonds. The first-order valence-corrected chi connectivity index (χ1v) is 10.5. The molecule has 4 rings (SSSR count). The number of halogens is 1. The lowest BCUT2D eigenvalue weighted by Gasteiger charge is -2.24. The Bertz CT molecular complexity index is 1050. The fourth-order valence-corrected chi connectivity index (χ4v) is 4.00. The molecule has 168 valence electrons. The second-order valence-corrected chi connectivity index (χ2v) is 7.64. The van der Waals surface area contributed by atoms with Crippen LogP contribution in [-0.2, 0) is 6.42 Å². The van der Waals surface area contributed by atoms with Crippen LogP contribution < -0.4 is 10.6 Å². The molecule has 1 fully saturated rings. The first-order valence-electron chi connectivity index (χ1n) is 10.5. The molecule has 32 heavy (non-hydrogen) atoms. The summed E-state index contributed by atoms with van der Waals surface area (Å²) in [6.07, 6.45) is 4.17. The third-order valence-corrected chi connectivity index (χ3v) is 5.62. The average Bonchev–Trinajstić information content (AvgIpc) is 3.26. The smallest absolute Gasteiger partial charge is 0.269 e. The summed E-state index contributed by atoms with van der Waals surface area (Å²) in [6, 6.07) is 16.3. The lowest BCUT2D eigenvalue weighted by atomic mass is 9.91. The summed E-state index contributed by atoms with van der Waals surface area (Å²) in [5.41, 5.74) is 3.34. The van der Waals surface area contributed by atoms with E-state index in [1.807, 2.05) is 30.3 Å². The van der Waals surface area contributed by atoms with E-state index in [0.29, 0.717) is 17.8 Å². The Morgan fingerprint density at radius 2 is 1.81 bits per heavy atom. The molecule has 2 N–H and O–H groups in total. The van der Waals surface area contributed by atoms with Gasteiger partial charge in [0.2, 0.25) is 0 Å². The molecule has 1 saturated heterocycles. The third-order valence-electron chi connectivity index (χ3n) is 5.62. The van der Waals surface area contributed by atoms with E-state index >= 15 is 0 Å². The molecule has 0 bridgehead atoms. The van der Waals surface area contributed by atoms with Crippen molar-refractivity contribution in [1.82, 2.24) is 20.4 Å². The summed E-state index contributed by atoms with van der Waals surface area (Å²) in [5, 5.41) is 21.8. The number of hydrogen-bond donors (Lipinski definition) is 2. The van der Waals surface area contributed by atoms with Gasteiger partial charge in [-0.25, -0.2) is 4.68 Å². The van der Waals surface area contributed by atoms with E-state index < -0.39 is 4.92 Å². The number of piperidine rings is 1. The standard InChI is InChI=1S/C23H25N5O3.ClH/c29-23(25-15-10-17-4-2-1-3-5-17)21-16-26-27(22(21)18-11-13-24-14-12-18)19-6-8-20(9-7-19)28(30)31;/h1-9,16,18,24H,10-15H2,(H,25,29);1H. The number of nitro groups is 1. The summed E-state index contributed by atoms with van der Waals surface area (Å²) in [7, 11) is 0. The summed E-state index contributed by atoms with van der Waals surface area (Å²) in [5.74, 6) is 0.0476. The number of benzene rings is 2. The molecule has 1 aromatic heterocycles. The minimum absolute atomic E-state index is 0. The molecule has 0 radical (unpaired) electrons. The van der Waals surface area contributed by atoms with Crippen molar-refractivity contribution in [2.75, 3.05) is 19.6 Å². The van der Waals surface area contributed by atoms with E-state index in [2.05, 4.69) is 15.7 Å². The van der Waals surface area contributed by atoms with Crippen LogP contribution in [0.15, 0.2) is 60.8 Å². The van der Waals surface area contributed by atoms with Crippen LogP contribution >= 0.6 is 12.4 Å². The largest absolute Gasteiger partial charge is 0.352 e. The maximum Gasteiger partial charge on any atom is 0.269 e. The number of amides is 1. The Hall–Kier alpha value is -3.23. The van der Waals surface area contributed by atoms with Crippen molar-refractivity contribution in [3.8, 4) is 5.69 Å². The quantitative estimate of drug-likeness (QED) is 0.418. The van der Waals surface area contributed by atoms with Crippen LogP contribution in [0.3, 0.4) is 0 Å². The van der Waals surface area contributed by atoms with Gasteiger partial charge >= 0.3 is 0 Å². The zero-order valence-corrected chi connectivity index (χ0v) is 18.4. The normalized spacial score (nSPS) is 13.9. The third kappa shape index (κ3) is 5.33. The second kappa shape index (κ2) is 10.9. The van der Waals surface area contributed by atoms with Crippen LogP contribution in [0.2, 0.25) is 0 Å². The highest BCUT2D eigenvalue weighted by atomic mass is 35.5. The number of nitrogens with zero attached hydrogens (tertiary/aromatic N) is 3. The van der Waals surface area contributed by atoms with Crippen LogP contribution in [0.1, 0.15) is 40.4 Å². The highest BCUT2D eigenvalue weighted by Gasteiger charge is 2.27. The van der Waals surface area contributed by atoms with Crippen LogP contribution in [0, 0.1) is 10.1 Å². The first kappa shape index (κ1) is 23.4. The minimum atomic E-state index is -0.424. The number of carbonyl (C=O) groups is 1. The molecule has 0 saturated carbocycles. The number of hydrogen-bond acceptors (Lipinski definition) is 5. The fraction of sp³-hybridized carbons (Fsp3) is 0.304. The van der Waals surface area contributed by atoms with Crippen molar-refractivity contribution in [2.24, 2.45) is 0 Å². The Balaban J connectivity index is 0.00000289. The number of rotatable bonds is 7. The predicted octanol–water partition coefficient (Wildman–Crippen LogP) is 3.64. The number of nitrogens with one attached hydrogen (secondary N) is 2. The Labute approximate surface area is 192 Å². The van der Waals surface area contributed by atoms with Gasteiger partial charge in [0.25, 0.3) is 11.6 Å². The lowest BCUT2D eigenvalue weighted by Crippen LogP contribution is -2.31. The van der Waals surface area contributed by atoms with Gasteiger partial charge in [-0.05, 0) is 50.0 Å². The second-order valence-electron chi connectivity index (χ2n) is 7.64. The molecule has 2 heterocycles. The summed E-state index contributed by atoms with van der Waals surface area (Å²) >= 11 is 0. The zero-order chi connectivity index (χ0) is 21.6. The average molecular weight is 456 g/mol. The van der Waals surface area contributed by atoms with Gasteiger partial charge in [-0.15, -0.1) is 12.4 Å². The highest BCUT2D eigenvalue weighted by Crippen LogP contribution is 2.30. The molecule has 3 aromatic rings. The number of aromatic nitrogens is 2. The molecule has 1 aliphatic heterocycles. The Kier molecular flexibility index (Phi) is 7.97. The maximum atomic E-state index is 13.0. The minimum Gasteiger partial charge on any atom is -0.352 e. The van der Waals surface area contributed by atoms with Crippen molar-refractivity contribution in [2.45, 2.75) is 25.2 Å². The van der Waals surface area contributed by atoms with E-state index in [4.69, 9.17) is 0 Å². The molecule has 8 nitrogen and oxygen atoms in total. The molecule has 2 aromatic carbocycles. The van der Waals surface area contributed by atoms with Crippen LogP contribution in [0.25, 0.3) is 5.69 Å². The van der Waals surface area contributed by atoms with Crippen molar-refractivity contribution in [3.05, 3.63) is 87.7 Å². The van der Waals surface area contributed by atoms with Gasteiger partial charge in [-0.2, -0.15) is 5.10 Å². The molecule has 0 aliphatic carbocycles. The topological polar surface area (TPSA) is 102 Å². The fourth-order valence-electron chi connectivity index (χ4n) is 4.00. The highest BCUT2D eigenvalue weighted by molar-refractivity contribution is 5.95. The molecule has 0 atom stereocenters. The Morgan fingerprint density at radius 1 is 1.12 bits per heavy atom. The molecule has 0 unspecified atom stereocenters. The van der Waals surface area contributed by atoms with Crippen LogP contribution in [0.5, 0.6) is 0 Å². The molecular formula is C23H26ClN5O3. The van der Waals surface area contributed by atoms with Gasteiger partial charge in [0.1, 0.15) is 0 Å².